The predicted octanol–water partition coefficient (Wildman–Crippen LogP) is -1.12. The number of nitrogens with two attached hydrogens (primary N) is 1. The summed E-state index contributed by atoms with van der Waals surface area (Å²) < 4.78 is 49.1. The van der Waals surface area contributed by atoms with E-state index in [1.807, 2.05) is 0 Å². The number of hydrogen-bond acceptors (Lipinski definition) is 5. The lowest BCUT2D eigenvalue weighted by Gasteiger charge is -2.33. The zero-order valence-corrected chi connectivity index (χ0v) is 13.1. The molecule has 9 heteroatoms. The van der Waals surface area contributed by atoms with Crippen molar-refractivity contribution in [2.75, 3.05) is 45.2 Å². The Labute approximate surface area is 115 Å². The van der Waals surface area contributed by atoms with Crippen molar-refractivity contribution in [2.24, 2.45) is 11.7 Å². The summed E-state index contributed by atoms with van der Waals surface area (Å²) in [6.07, 6.45) is 2.62. The highest BCUT2D eigenvalue weighted by molar-refractivity contribution is 7.90. The summed E-state index contributed by atoms with van der Waals surface area (Å²) in [7, 11) is -5.31. The van der Waals surface area contributed by atoms with Gasteiger partial charge in [-0.1, -0.05) is 0 Å². The molecule has 0 unspecified atom stereocenters. The lowest BCUT2D eigenvalue weighted by Crippen LogP contribution is -2.47. The molecule has 0 spiro atoms. The molecule has 1 aliphatic heterocycles. The molecule has 1 fully saturated rings. The summed E-state index contributed by atoms with van der Waals surface area (Å²) in [4.78, 5) is 0. The van der Waals surface area contributed by atoms with Gasteiger partial charge in [-0.3, -0.25) is 0 Å². The van der Waals surface area contributed by atoms with Gasteiger partial charge in [0.2, 0.25) is 0 Å². The molecule has 1 rings (SSSR count). The fourth-order valence-electron chi connectivity index (χ4n) is 1.98. The van der Waals surface area contributed by atoms with Crippen LogP contribution in [0.5, 0.6) is 0 Å². The Balaban J connectivity index is 2.60. The van der Waals surface area contributed by atoms with Crippen LogP contribution in [0.15, 0.2) is 0 Å². The van der Waals surface area contributed by atoms with Crippen LogP contribution in [0, 0.1) is 5.92 Å². The first-order chi connectivity index (χ1) is 8.66. The van der Waals surface area contributed by atoms with Gasteiger partial charge < -0.3 is 5.73 Å². The van der Waals surface area contributed by atoms with Crippen molar-refractivity contribution in [3.05, 3.63) is 0 Å². The molecule has 0 aromatic carbocycles. The van der Waals surface area contributed by atoms with Crippen molar-refractivity contribution in [2.45, 2.75) is 12.8 Å². The normalized spacial score (nSPS) is 20.0. The topological polar surface area (TPSA) is 101 Å². The molecule has 0 aliphatic carbocycles. The van der Waals surface area contributed by atoms with Gasteiger partial charge in [0.25, 0.3) is 10.2 Å². The second kappa shape index (κ2) is 6.49. The molecule has 1 heterocycles. The molecule has 0 radical (unpaired) electrons. The maximum atomic E-state index is 12.2. The summed E-state index contributed by atoms with van der Waals surface area (Å²) in [5.74, 6) is 0.218. The Hall–Kier alpha value is -0.220. The number of piperidine rings is 1. The van der Waals surface area contributed by atoms with E-state index in [1.165, 1.54) is 11.4 Å². The highest BCUT2D eigenvalue weighted by atomic mass is 32.2. The van der Waals surface area contributed by atoms with Gasteiger partial charge in [0.15, 0.2) is 0 Å². The van der Waals surface area contributed by atoms with Crippen molar-refractivity contribution in [1.82, 2.24) is 8.61 Å². The molecule has 0 amide bonds. The van der Waals surface area contributed by atoms with Crippen molar-refractivity contribution in [3.8, 4) is 0 Å². The largest absolute Gasteiger partial charge is 0.330 e. The minimum absolute atomic E-state index is 0.0159. The summed E-state index contributed by atoms with van der Waals surface area (Å²) in [5.41, 5.74) is 5.57. The smallest absolute Gasteiger partial charge is 0.281 e. The maximum Gasteiger partial charge on any atom is 0.281 e. The summed E-state index contributed by atoms with van der Waals surface area (Å²) in [6, 6.07) is 0. The van der Waals surface area contributed by atoms with Crippen LogP contribution in [0.2, 0.25) is 0 Å². The van der Waals surface area contributed by atoms with Crippen molar-refractivity contribution in [1.29, 1.82) is 0 Å². The van der Waals surface area contributed by atoms with Crippen LogP contribution in [-0.2, 0) is 20.0 Å². The summed E-state index contributed by atoms with van der Waals surface area (Å²) >= 11 is 0. The molecule has 0 atom stereocenters. The molecule has 114 valence electrons. The van der Waals surface area contributed by atoms with E-state index < -0.39 is 20.0 Å². The molecule has 0 aromatic rings. The van der Waals surface area contributed by atoms with Gasteiger partial charge in [0.05, 0.1) is 5.75 Å². The number of hydrogen-bond donors (Lipinski definition) is 1. The summed E-state index contributed by atoms with van der Waals surface area (Å²) in [5, 5.41) is 0. The van der Waals surface area contributed by atoms with Gasteiger partial charge in [-0.2, -0.15) is 17.0 Å². The van der Waals surface area contributed by atoms with Gasteiger partial charge in [-0.25, -0.2) is 8.42 Å². The third-order valence-corrected chi connectivity index (χ3v) is 6.32. The van der Waals surface area contributed by atoms with E-state index in [0.29, 0.717) is 25.6 Å². The van der Waals surface area contributed by atoms with Crippen LogP contribution in [0.4, 0.5) is 0 Å². The van der Waals surface area contributed by atoms with E-state index in [1.54, 1.807) is 0 Å². The fraction of sp³-hybridized carbons (Fsp3) is 1.00. The molecule has 19 heavy (non-hydrogen) atoms. The van der Waals surface area contributed by atoms with Gasteiger partial charge in [-0.15, -0.1) is 0 Å². The van der Waals surface area contributed by atoms with Crippen LogP contribution in [0.1, 0.15) is 12.8 Å². The first kappa shape index (κ1) is 16.8. The molecular formula is C10H23N3O4S2. The Morgan fingerprint density at radius 3 is 2.16 bits per heavy atom. The number of sulfone groups is 1. The first-order valence-electron chi connectivity index (χ1n) is 6.26. The minimum atomic E-state index is -3.55. The number of rotatable bonds is 6. The van der Waals surface area contributed by atoms with E-state index in [4.69, 9.17) is 5.73 Å². The maximum absolute atomic E-state index is 12.2. The number of nitrogens with zero attached hydrogens (tertiary/aromatic N) is 2. The predicted molar refractivity (Wildman–Crippen MR) is 74.6 cm³/mol. The van der Waals surface area contributed by atoms with Gasteiger partial charge in [0.1, 0.15) is 9.84 Å². The molecule has 0 saturated carbocycles. The molecule has 7 nitrogen and oxygen atoms in total. The summed E-state index contributed by atoms with van der Waals surface area (Å²) in [6.45, 7) is 1.47. The second-order valence-electron chi connectivity index (χ2n) is 5.04. The van der Waals surface area contributed by atoms with Crippen LogP contribution >= 0.6 is 0 Å². The first-order valence-corrected chi connectivity index (χ1v) is 9.72. The molecule has 1 aliphatic rings. The van der Waals surface area contributed by atoms with Crippen LogP contribution in [-0.4, -0.2) is 70.7 Å². The molecule has 0 bridgehead atoms. The molecule has 0 aromatic heterocycles. The minimum Gasteiger partial charge on any atom is -0.330 e. The highest BCUT2D eigenvalue weighted by Gasteiger charge is 2.30. The van der Waals surface area contributed by atoms with E-state index in [-0.39, 0.29) is 12.3 Å². The molecule has 1 saturated heterocycles. The third-order valence-electron chi connectivity index (χ3n) is 3.40. The lowest BCUT2D eigenvalue weighted by atomic mass is 9.99. The molecule has 2 N–H and O–H groups in total. The average Bonchev–Trinajstić information content (AvgIpc) is 2.35. The Kier molecular flexibility index (Phi) is 5.75. The van der Waals surface area contributed by atoms with Gasteiger partial charge in [0, 0.05) is 32.9 Å². The van der Waals surface area contributed by atoms with E-state index in [9.17, 15) is 16.8 Å². The monoisotopic (exact) mass is 313 g/mol. The fourth-order valence-corrected chi connectivity index (χ4v) is 4.09. The van der Waals surface area contributed by atoms with Crippen molar-refractivity contribution in [3.63, 3.8) is 0 Å². The van der Waals surface area contributed by atoms with Gasteiger partial charge in [-0.05, 0) is 25.3 Å². The van der Waals surface area contributed by atoms with Crippen molar-refractivity contribution >= 4 is 20.0 Å². The third kappa shape index (κ3) is 4.99. The SMILES string of the molecule is CN(CCS(C)(=O)=O)S(=O)(=O)N1CCC(CN)CC1. The van der Waals surface area contributed by atoms with Crippen LogP contribution < -0.4 is 5.73 Å². The molecular weight excluding hydrogens is 290 g/mol. The van der Waals surface area contributed by atoms with Crippen LogP contribution in [0.3, 0.4) is 0 Å². The Morgan fingerprint density at radius 1 is 1.21 bits per heavy atom. The average molecular weight is 313 g/mol. The van der Waals surface area contributed by atoms with Crippen molar-refractivity contribution < 1.29 is 16.8 Å². The highest BCUT2D eigenvalue weighted by Crippen LogP contribution is 2.19. The Morgan fingerprint density at radius 2 is 1.74 bits per heavy atom. The second-order valence-corrected chi connectivity index (χ2v) is 9.33. The van der Waals surface area contributed by atoms with E-state index in [2.05, 4.69) is 0 Å². The van der Waals surface area contributed by atoms with Crippen LogP contribution in [0.25, 0.3) is 0 Å². The lowest BCUT2D eigenvalue weighted by molar-refractivity contribution is 0.264. The van der Waals surface area contributed by atoms with E-state index in [0.717, 1.165) is 23.4 Å². The Bertz CT molecular complexity index is 481. The zero-order chi connectivity index (χ0) is 14.7. The van der Waals surface area contributed by atoms with Gasteiger partial charge >= 0.3 is 0 Å². The quantitative estimate of drug-likeness (QED) is 0.669. The van der Waals surface area contributed by atoms with E-state index >= 15 is 0 Å². The zero-order valence-electron chi connectivity index (χ0n) is 11.4. The standard InChI is InChI=1S/C10H23N3O4S2/c1-12(7-8-18(2,14)15)19(16,17)13-5-3-10(9-11)4-6-13/h10H,3-9,11H2,1-2H3.